The highest BCUT2D eigenvalue weighted by molar-refractivity contribution is 4.82. The van der Waals surface area contributed by atoms with Crippen molar-refractivity contribution in [2.24, 2.45) is 11.8 Å². The van der Waals surface area contributed by atoms with E-state index < -0.39 is 0 Å². The molecule has 0 aromatic heterocycles. The maximum Gasteiger partial charge on any atom is 0.0222 e. The van der Waals surface area contributed by atoms with Crippen LogP contribution in [-0.2, 0) is 0 Å². The Morgan fingerprint density at radius 1 is 0.950 bits per heavy atom. The summed E-state index contributed by atoms with van der Waals surface area (Å²) in [7, 11) is 2.35. The molecule has 0 spiro atoms. The molecule has 20 heavy (non-hydrogen) atoms. The minimum atomic E-state index is 0.730. The van der Waals surface area contributed by atoms with E-state index in [4.69, 9.17) is 0 Å². The van der Waals surface area contributed by atoms with E-state index in [1.165, 1.54) is 77.3 Å². The van der Waals surface area contributed by atoms with Gasteiger partial charge < -0.3 is 10.2 Å². The van der Waals surface area contributed by atoms with Crippen LogP contribution < -0.4 is 5.32 Å². The monoisotopic (exact) mass is 280 g/mol. The molecule has 0 heterocycles. The largest absolute Gasteiger partial charge is 0.313 e. The van der Waals surface area contributed by atoms with Crippen LogP contribution >= 0.6 is 0 Å². The minimum absolute atomic E-state index is 0.730. The Labute approximate surface area is 126 Å². The quantitative estimate of drug-likeness (QED) is 0.756. The fraction of sp³-hybridized carbons (Fsp3) is 1.00. The van der Waals surface area contributed by atoms with Crippen molar-refractivity contribution >= 4 is 0 Å². The van der Waals surface area contributed by atoms with Gasteiger partial charge in [-0.3, -0.25) is 0 Å². The third-order valence-corrected chi connectivity index (χ3v) is 5.49. The van der Waals surface area contributed by atoms with Crippen LogP contribution in [0.2, 0.25) is 0 Å². The molecule has 2 heteroatoms. The van der Waals surface area contributed by atoms with Crippen molar-refractivity contribution < 1.29 is 0 Å². The van der Waals surface area contributed by atoms with E-state index in [2.05, 4.69) is 24.2 Å². The SMILES string of the molecule is CCNC(CN(C)CC1CCCCC1)C1CCCCC1. The summed E-state index contributed by atoms with van der Waals surface area (Å²) in [6.45, 7) is 5.97. The average molecular weight is 280 g/mol. The van der Waals surface area contributed by atoms with Gasteiger partial charge in [-0.25, -0.2) is 0 Å². The number of nitrogens with zero attached hydrogens (tertiary/aromatic N) is 1. The van der Waals surface area contributed by atoms with Crippen molar-refractivity contribution in [2.75, 3.05) is 26.7 Å². The molecule has 1 atom stereocenters. The zero-order valence-electron chi connectivity index (χ0n) is 13.9. The molecule has 0 radical (unpaired) electrons. The normalized spacial score (nSPS) is 24.1. The molecule has 0 amide bonds. The van der Waals surface area contributed by atoms with E-state index in [0.29, 0.717) is 0 Å². The summed E-state index contributed by atoms with van der Waals surface area (Å²) in [5.74, 6) is 1.90. The number of hydrogen-bond donors (Lipinski definition) is 1. The Morgan fingerprint density at radius 3 is 2.15 bits per heavy atom. The van der Waals surface area contributed by atoms with Crippen molar-refractivity contribution in [1.29, 1.82) is 0 Å². The fourth-order valence-corrected chi connectivity index (χ4v) is 4.40. The Hall–Kier alpha value is -0.0800. The van der Waals surface area contributed by atoms with E-state index in [9.17, 15) is 0 Å². The molecule has 1 N–H and O–H groups in total. The van der Waals surface area contributed by atoms with Gasteiger partial charge in [0.2, 0.25) is 0 Å². The predicted molar refractivity (Wildman–Crippen MR) is 88.1 cm³/mol. The number of nitrogens with one attached hydrogen (secondary N) is 1. The van der Waals surface area contributed by atoms with Gasteiger partial charge in [0.15, 0.2) is 0 Å². The molecular formula is C18H36N2. The van der Waals surface area contributed by atoms with Crippen LogP contribution in [0.4, 0.5) is 0 Å². The molecule has 0 aromatic carbocycles. The molecule has 2 fully saturated rings. The lowest BCUT2D eigenvalue weighted by Crippen LogP contribution is -2.46. The van der Waals surface area contributed by atoms with E-state index in [1.807, 2.05) is 0 Å². The smallest absolute Gasteiger partial charge is 0.0222 e. The number of likely N-dealkylation sites (N-methyl/N-ethyl adjacent to an activating group) is 2. The molecule has 2 aliphatic rings. The van der Waals surface area contributed by atoms with Crippen molar-refractivity contribution in [2.45, 2.75) is 77.2 Å². The Morgan fingerprint density at radius 2 is 1.55 bits per heavy atom. The zero-order chi connectivity index (χ0) is 14.2. The standard InChI is InChI=1S/C18H36N2/c1-3-19-18(17-12-8-5-9-13-17)15-20(2)14-16-10-6-4-7-11-16/h16-19H,3-15H2,1-2H3. The highest BCUT2D eigenvalue weighted by atomic mass is 15.1. The molecule has 0 bridgehead atoms. The van der Waals surface area contributed by atoms with Crippen molar-refractivity contribution in [3.8, 4) is 0 Å². The van der Waals surface area contributed by atoms with Crippen LogP contribution in [0.3, 0.4) is 0 Å². The third kappa shape index (κ3) is 5.37. The lowest BCUT2D eigenvalue weighted by molar-refractivity contribution is 0.176. The van der Waals surface area contributed by atoms with Crippen LogP contribution in [-0.4, -0.2) is 37.6 Å². The third-order valence-electron chi connectivity index (χ3n) is 5.49. The Kier molecular flexibility index (Phi) is 7.37. The van der Waals surface area contributed by atoms with Gasteiger partial charge >= 0.3 is 0 Å². The van der Waals surface area contributed by atoms with Crippen LogP contribution in [0, 0.1) is 11.8 Å². The van der Waals surface area contributed by atoms with Crippen LogP contribution in [0.15, 0.2) is 0 Å². The van der Waals surface area contributed by atoms with Gasteiger partial charge in [0.1, 0.15) is 0 Å². The Bertz CT molecular complexity index is 242. The number of rotatable bonds is 7. The topological polar surface area (TPSA) is 15.3 Å². The second kappa shape index (κ2) is 9.04. The van der Waals surface area contributed by atoms with E-state index in [1.54, 1.807) is 0 Å². The first-order valence-corrected chi connectivity index (χ1v) is 9.21. The van der Waals surface area contributed by atoms with Gasteiger partial charge in [0, 0.05) is 19.1 Å². The summed E-state index contributed by atoms with van der Waals surface area (Å²) in [4.78, 5) is 2.62. The molecule has 2 aliphatic carbocycles. The van der Waals surface area contributed by atoms with Gasteiger partial charge in [-0.1, -0.05) is 45.4 Å². The molecule has 2 saturated carbocycles. The molecule has 2 nitrogen and oxygen atoms in total. The maximum absolute atomic E-state index is 3.78. The summed E-state index contributed by atoms with van der Waals surface area (Å²) in [5.41, 5.74) is 0. The second-order valence-corrected chi connectivity index (χ2v) is 7.29. The van der Waals surface area contributed by atoms with E-state index >= 15 is 0 Å². The van der Waals surface area contributed by atoms with Crippen molar-refractivity contribution in [3.63, 3.8) is 0 Å². The van der Waals surface area contributed by atoms with Crippen LogP contribution in [0.1, 0.15) is 71.1 Å². The molecule has 0 aliphatic heterocycles. The first-order valence-electron chi connectivity index (χ1n) is 9.21. The zero-order valence-corrected chi connectivity index (χ0v) is 13.9. The van der Waals surface area contributed by atoms with Gasteiger partial charge in [0.05, 0.1) is 0 Å². The molecule has 1 unspecified atom stereocenters. The summed E-state index contributed by atoms with van der Waals surface area (Å²) in [6.07, 6.45) is 14.6. The van der Waals surface area contributed by atoms with Gasteiger partial charge in [0.25, 0.3) is 0 Å². The lowest BCUT2D eigenvalue weighted by Gasteiger charge is -2.35. The number of hydrogen-bond acceptors (Lipinski definition) is 2. The average Bonchev–Trinajstić information content (AvgIpc) is 2.49. The van der Waals surface area contributed by atoms with Crippen molar-refractivity contribution in [1.82, 2.24) is 10.2 Å². The summed E-state index contributed by atoms with van der Waals surface area (Å²) >= 11 is 0. The minimum Gasteiger partial charge on any atom is -0.313 e. The molecular weight excluding hydrogens is 244 g/mol. The van der Waals surface area contributed by atoms with Crippen molar-refractivity contribution in [3.05, 3.63) is 0 Å². The van der Waals surface area contributed by atoms with Crippen LogP contribution in [0.25, 0.3) is 0 Å². The first kappa shape index (κ1) is 16.3. The summed E-state index contributed by atoms with van der Waals surface area (Å²) in [6, 6.07) is 0.730. The molecule has 118 valence electrons. The predicted octanol–water partition coefficient (Wildman–Crippen LogP) is 4.06. The fourth-order valence-electron chi connectivity index (χ4n) is 4.40. The van der Waals surface area contributed by atoms with Gasteiger partial charge in [-0.2, -0.15) is 0 Å². The van der Waals surface area contributed by atoms with E-state index in [-0.39, 0.29) is 0 Å². The van der Waals surface area contributed by atoms with Gasteiger partial charge in [-0.05, 0) is 51.1 Å². The Balaban J connectivity index is 1.76. The molecule has 0 aromatic rings. The first-order chi connectivity index (χ1) is 9.79. The lowest BCUT2D eigenvalue weighted by atomic mass is 9.83. The van der Waals surface area contributed by atoms with Gasteiger partial charge in [-0.15, -0.1) is 0 Å². The van der Waals surface area contributed by atoms with Crippen LogP contribution in [0.5, 0.6) is 0 Å². The van der Waals surface area contributed by atoms with E-state index in [0.717, 1.165) is 24.4 Å². The molecule has 0 saturated heterocycles. The highest BCUT2D eigenvalue weighted by Crippen LogP contribution is 2.28. The highest BCUT2D eigenvalue weighted by Gasteiger charge is 2.25. The summed E-state index contributed by atoms with van der Waals surface area (Å²) < 4.78 is 0. The molecule has 2 rings (SSSR count). The summed E-state index contributed by atoms with van der Waals surface area (Å²) in [5, 5.41) is 3.78. The maximum atomic E-state index is 3.78. The second-order valence-electron chi connectivity index (χ2n) is 7.29.